The minimum absolute atomic E-state index is 0.129. The van der Waals surface area contributed by atoms with Gasteiger partial charge in [-0.3, -0.25) is 0 Å². The zero-order valence-corrected chi connectivity index (χ0v) is 15.1. The number of nitrogens with zero attached hydrogens (tertiary/aromatic N) is 4. The van der Waals surface area contributed by atoms with E-state index in [1.165, 1.54) is 43.8 Å². The number of amides is 1. The predicted molar refractivity (Wildman–Crippen MR) is 92.1 cm³/mol. The van der Waals surface area contributed by atoms with Crippen molar-refractivity contribution in [2.75, 3.05) is 32.8 Å². The Kier molecular flexibility index (Phi) is 4.47. The number of rotatable bonds is 3. The molecule has 4 rings (SSSR count). The molecule has 2 aliphatic heterocycles. The van der Waals surface area contributed by atoms with Crippen LogP contribution in [0, 0.1) is 5.41 Å². The van der Waals surface area contributed by atoms with Gasteiger partial charge in [-0.25, -0.2) is 9.78 Å². The molecule has 6 nitrogen and oxygen atoms in total. The van der Waals surface area contributed by atoms with Crippen LogP contribution in [0.3, 0.4) is 0 Å². The van der Waals surface area contributed by atoms with E-state index in [2.05, 4.69) is 14.3 Å². The maximum Gasteiger partial charge on any atom is 0.409 e. The van der Waals surface area contributed by atoms with Crippen molar-refractivity contribution < 1.29 is 9.53 Å². The maximum atomic E-state index is 11.9. The molecule has 1 aliphatic carbocycles. The number of hydrogen-bond acceptors (Lipinski definition) is 6. The monoisotopic (exact) mass is 350 g/mol. The average Bonchev–Trinajstić information content (AvgIpc) is 3.24. The second-order valence-electron chi connectivity index (χ2n) is 7.52. The molecule has 0 N–H and O–H groups in total. The molecule has 132 valence electrons. The number of carbonyl (C=O) groups excluding carboxylic acids is 1. The number of hydrogen-bond donors (Lipinski definition) is 0. The molecule has 1 aromatic rings. The summed E-state index contributed by atoms with van der Waals surface area (Å²) in [7, 11) is 0. The first kappa shape index (κ1) is 16.3. The molecular weight excluding hydrogens is 324 g/mol. The van der Waals surface area contributed by atoms with Gasteiger partial charge in [-0.15, -0.1) is 0 Å². The third-order valence-corrected chi connectivity index (χ3v) is 6.90. The Hall–Kier alpha value is -1.21. The van der Waals surface area contributed by atoms with Crippen molar-refractivity contribution in [1.29, 1.82) is 0 Å². The summed E-state index contributed by atoms with van der Waals surface area (Å²) in [6.07, 6.45) is 7.58. The first-order valence-corrected chi connectivity index (χ1v) is 9.89. The number of piperidine rings is 1. The number of aromatic nitrogens is 2. The Bertz CT molecular complexity index is 565. The third kappa shape index (κ3) is 3.04. The zero-order valence-electron chi connectivity index (χ0n) is 14.3. The summed E-state index contributed by atoms with van der Waals surface area (Å²) in [5.41, 5.74) is 0.369. The molecule has 1 spiro atoms. The summed E-state index contributed by atoms with van der Waals surface area (Å²) in [4.78, 5) is 20.8. The van der Waals surface area contributed by atoms with Crippen molar-refractivity contribution in [1.82, 2.24) is 19.2 Å². The van der Waals surface area contributed by atoms with Crippen LogP contribution < -0.4 is 0 Å². The summed E-state index contributed by atoms with van der Waals surface area (Å²) < 4.78 is 9.28. The molecule has 0 unspecified atom stereocenters. The minimum Gasteiger partial charge on any atom is -0.450 e. The van der Waals surface area contributed by atoms with Crippen LogP contribution in [0.4, 0.5) is 4.79 Å². The van der Waals surface area contributed by atoms with Crippen LogP contribution >= 0.6 is 11.5 Å². The average molecular weight is 350 g/mol. The van der Waals surface area contributed by atoms with E-state index in [-0.39, 0.29) is 6.09 Å². The summed E-state index contributed by atoms with van der Waals surface area (Å²) in [6, 6.07) is 0.711. The highest BCUT2D eigenvalue weighted by Crippen LogP contribution is 2.51. The smallest absolute Gasteiger partial charge is 0.409 e. The molecule has 0 atom stereocenters. The summed E-state index contributed by atoms with van der Waals surface area (Å²) in [5.74, 6) is 0.605. The van der Waals surface area contributed by atoms with E-state index in [1.807, 2.05) is 11.8 Å². The number of likely N-dealkylation sites (tertiary alicyclic amines) is 2. The quantitative estimate of drug-likeness (QED) is 0.839. The molecule has 7 heteroatoms. The lowest BCUT2D eigenvalue weighted by molar-refractivity contribution is -0.00472. The van der Waals surface area contributed by atoms with Gasteiger partial charge >= 0.3 is 6.09 Å². The zero-order chi connectivity index (χ0) is 16.6. The molecule has 1 aromatic heterocycles. The molecule has 3 fully saturated rings. The molecule has 24 heavy (non-hydrogen) atoms. The van der Waals surface area contributed by atoms with Crippen molar-refractivity contribution in [3.05, 3.63) is 11.3 Å². The normalized spacial score (nSPS) is 31.4. The van der Waals surface area contributed by atoms with Gasteiger partial charge < -0.3 is 14.5 Å². The summed E-state index contributed by atoms with van der Waals surface area (Å²) in [6.45, 7) is 6.44. The number of carbonyl (C=O) groups is 1. The molecular formula is C17H26N4O2S. The van der Waals surface area contributed by atoms with Gasteiger partial charge in [0.1, 0.15) is 11.3 Å². The fourth-order valence-corrected chi connectivity index (χ4v) is 5.39. The third-order valence-electron chi connectivity index (χ3n) is 6.08. The highest BCUT2D eigenvalue weighted by atomic mass is 32.1. The van der Waals surface area contributed by atoms with Gasteiger partial charge in [0.25, 0.3) is 0 Å². The molecule has 1 saturated carbocycles. The van der Waals surface area contributed by atoms with Gasteiger partial charge in [0, 0.05) is 25.0 Å². The van der Waals surface area contributed by atoms with E-state index in [0.29, 0.717) is 24.0 Å². The Morgan fingerprint density at radius 2 is 2.17 bits per heavy atom. The van der Waals surface area contributed by atoms with Crippen molar-refractivity contribution in [2.45, 2.75) is 51.0 Å². The van der Waals surface area contributed by atoms with Gasteiger partial charge in [0.15, 0.2) is 0 Å². The van der Waals surface area contributed by atoms with E-state index < -0.39 is 0 Å². The van der Waals surface area contributed by atoms with Crippen molar-refractivity contribution in [3.63, 3.8) is 0 Å². The topological polar surface area (TPSA) is 58.6 Å². The van der Waals surface area contributed by atoms with E-state index in [0.717, 1.165) is 19.5 Å². The van der Waals surface area contributed by atoms with Gasteiger partial charge in [0.05, 0.1) is 6.61 Å². The largest absolute Gasteiger partial charge is 0.450 e. The van der Waals surface area contributed by atoms with Crippen molar-refractivity contribution in [3.8, 4) is 0 Å². The Morgan fingerprint density at radius 1 is 1.38 bits per heavy atom. The Balaban J connectivity index is 1.24. The van der Waals surface area contributed by atoms with Crippen molar-refractivity contribution in [2.24, 2.45) is 5.41 Å². The maximum absolute atomic E-state index is 11.9. The molecule has 2 saturated heterocycles. The van der Waals surface area contributed by atoms with Crippen molar-refractivity contribution >= 4 is 17.6 Å². The van der Waals surface area contributed by atoms with Crippen LogP contribution in [0.15, 0.2) is 6.33 Å². The van der Waals surface area contributed by atoms with Gasteiger partial charge in [0.2, 0.25) is 0 Å². The van der Waals surface area contributed by atoms with Crippen LogP contribution in [-0.2, 0) is 4.74 Å². The predicted octanol–water partition coefficient (Wildman–Crippen LogP) is 2.73. The van der Waals surface area contributed by atoms with E-state index in [1.54, 1.807) is 17.9 Å². The van der Waals surface area contributed by atoms with Crippen LogP contribution in [0.5, 0.6) is 0 Å². The molecule has 1 amide bonds. The summed E-state index contributed by atoms with van der Waals surface area (Å²) in [5, 5.41) is 1.21. The lowest BCUT2D eigenvalue weighted by atomic mass is 9.64. The summed E-state index contributed by atoms with van der Waals surface area (Å²) >= 11 is 1.55. The van der Waals surface area contributed by atoms with Crippen LogP contribution in [0.1, 0.15) is 50.0 Å². The molecule has 0 bridgehead atoms. The second-order valence-corrected chi connectivity index (χ2v) is 8.33. The lowest BCUT2D eigenvalue weighted by Crippen LogP contribution is -2.54. The van der Waals surface area contributed by atoms with E-state index in [9.17, 15) is 4.79 Å². The van der Waals surface area contributed by atoms with Gasteiger partial charge in [-0.05, 0) is 69.1 Å². The first-order valence-electron chi connectivity index (χ1n) is 9.11. The Morgan fingerprint density at radius 3 is 2.83 bits per heavy atom. The Labute approximate surface area is 147 Å². The molecule has 0 aromatic carbocycles. The SMILES string of the molecule is CCOC(=O)N1CCC2(CC(N3CCC(c4ncns4)CC3)C2)C1. The fraction of sp³-hybridized carbons (Fsp3) is 0.824. The minimum atomic E-state index is -0.129. The van der Waals surface area contributed by atoms with Gasteiger partial charge in [-0.1, -0.05) is 0 Å². The molecule has 3 aliphatic rings. The first-order chi connectivity index (χ1) is 11.7. The second kappa shape index (κ2) is 6.59. The van der Waals surface area contributed by atoms with Crippen LogP contribution in [-0.4, -0.2) is 64.1 Å². The van der Waals surface area contributed by atoms with Crippen LogP contribution in [0.25, 0.3) is 0 Å². The van der Waals surface area contributed by atoms with E-state index >= 15 is 0 Å². The highest BCUT2D eigenvalue weighted by molar-refractivity contribution is 7.05. The van der Waals surface area contributed by atoms with Crippen LogP contribution in [0.2, 0.25) is 0 Å². The highest BCUT2D eigenvalue weighted by Gasteiger charge is 2.51. The van der Waals surface area contributed by atoms with E-state index in [4.69, 9.17) is 4.74 Å². The molecule has 3 heterocycles. The molecule has 0 radical (unpaired) electrons. The van der Waals surface area contributed by atoms with Gasteiger partial charge in [-0.2, -0.15) is 4.37 Å². The lowest BCUT2D eigenvalue weighted by Gasteiger charge is -2.51. The fourth-order valence-electron chi connectivity index (χ4n) is 4.71. The number of ether oxygens (including phenoxy) is 1. The standard InChI is InChI=1S/C17H26N4O2S/c1-2-23-16(22)21-8-5-17(11-21)9-14(10-17)20-6-3-13(4-7-20)15-18-12-19-24-15/h12-14H,2-11H2,1H3.